The van der Waals surface area contributed by atoms with Crippen molar-refractivity contribution < 1.29 is 9.53 Å². The van der Waals surface area contributed by atoms with Crippen LogP contribution in [0.15, 0.2) is 30.3 Å². The van der Waals surface area contributed by atoms with E-state index in [2.05, 4.69) is 9.96 Å². The zero-order valence-electron chi connectivity index (χ0n) is 8.19. The van der Waals surface area contributed by atoms with Gasteiger partial charge in [-0.3, -0.25) is 4.79 Å². The zero-order valence-corrected chi connectivity index (χ0v) is 8.19. The molecule has 1 aromatic carbocycles. The van der Waals surface area contributed by atoms with Gasteiger partial charge < -0.3 is 9.96 Å². The number of hydrogen-bond donors (Lipinski definition) is 1. The van der Waals surface area contributed by atoms with Crippen LogP contribution >= 0.6 is 0 Å². The Morgan fingerprint density at radius 3 is 2.79 bits per heavy atom. The van der Waals surface area contributed by atoms with Gasteiger partial charge in [-0.25, -0.2) is 0 Å². The molecule has 14 heavy (non-hydrogen) atoms. The van der Waals surface area contributed by atoms with Crippen molar-refractivity contribution in [3.63, 3.8) is 0 Å². The van der Waals surface area contributed by atoms with Crippen molar-refractivity contribution >= 4 is 18.8 Å². The Balaban J connectivity index is 2.13. The van der Waals surface area contributed by atoms with Crippen LogP contribution in [0.25, 0.3) is 0 Å². The van der Waals surface area contributed by atoms with E-state index in [1.54, 1.807) is 0 Å². The summed E-state index contributed by atoms with van der Waals surface area (Å²) in [4.78, 5) is 10.7. The van der Waals surface area contributed by atoms with Crippen LogP contribution in [0, 0.1) is 0 Å². The second-order valence-electron chi connectivity index (χ2n) is 2.84. The van der Waals surface area contributed by atoms with Crippen LogP contribution in [-0.2, 0) is 9.53 Å². The van der Waals surface area contributed by atoms with E-state index < -0.39 is 0 Å². The molecule has 1 aromatic rings. The molecule has 0 heterocycles. The van der Waals surface area contributed by atoms with Gasteiger partial charge >= 0.3 is 5.97 Å². The lowest BCUT2D eigenvalue weighted by atomic mass is 9.83. The molecule has 1 N–H and O–H groups in total. The summed E-state index contributed by atoms with van der Waals surface area (Å²) in [6.07, 6.45) is 0.389. The van der Waals surface area contributed by atoms with E-state index in [9.17, 15) is 4.79 Å². The highest BCUT2D eigenvalue weighted by Crippen LogP contribution is 1.82. The molecule has 1 radical (unpaired) electrons. The predicted octanol–water partition coefficient (Wildman–Crippen LogP) is 0.0838. The van der Waals surface area contributed by atoms with E-state index in [-0.39, 0.29) is 5.97 Å². The molecule has 3 nitrogen and oxygen atoms in total. The van der Waals surface area contributed by atoms with Gasteiger partial charge in [-0.2, -0.15) is 0 Å². The number of benzene rings is 1. The van der Waals surface area contributed by atoms with Crippen LogP contribution < -0.4 is 10.7 Å². The minimum atomic E-state index is -0.195. The SMILES string of the molecule is COC(=O)CCN[B]c1ccccc1. The Kier molecular flexibility index (Phi) is 4.79. The lowest BCUT2D eigenvalue weighted by molar-refractivity contribution is -0.140. The molecule has 0 atom stereocenters. The lowest BCUT2D eigenvalue weighted by Crippen LogP contribution is -2.31. The fourth-order valence-corrected chi connectivity index (χ4v) is 1.02. The van der Waals surface area contributed by atoms with Crippen molar-refractivity contribution in [2.45, 2.75) is 6.42 Å². The topological polar surface area (TPSA) is 38.3 Å². The van der Waals surface area contributed by atoms with E-state index in [1.807, 2.05) is 37.7 Å². The van der Waals surface area contributed by atoms with E-state index in [4.69, 9.17) is 0 Å². The number of esters is 1. The molecule has 0 saturated heterocycles. The van der Waals surface area contributed by atoms with E-state index in [1.165, 1.54) is 7.11 Å². The molecule has 0 aliphatic rings. The first-order chi connectivity index (χ1) is 6.83. The lowest BCUT2D eigenvalue weighted by Gasteiger charge is -2.01. The first-order valence-electron chi connectivity index (χ1n) is 4.51. The van der Waals surface area contributed by atoms with E-state index in [0.29, 0.717) is 13.0 Å². The van der Waals surface area contributed by atoms with Gasteiger partial charge in [0.2, 0.25) is 7.41 Å². The summed E-state index contributed by atoms with van der Waals surface area (Å²) >= 11 is 0. The molecule has 0 fully saturated rings. The van der Waals surface area contributed by atoms with Crippen molar-refractivity contribution in [1.82, 2.24) is 5.23 Å². The zero-order chi connectivity index (χ0) is 10.2. The summed E-state index contributed by atoms with van der Waals surface area (Å²) < 4.78 is 4.51. The Bertz CT molecular complexity index is 277. The van der Waals surface area contributed by atoms with Gasteiger partial charge in [-0.15, -0.1) is 0 Å². The summed E-state index contributed by atoms with van der Waals surface area (Å²) in [5.41, 5.74) is 1.09. The quantitative estimate of drug-likeness (QED) is 0.406. The molecule has 0 bridgehead atoms. The van der Waals surface area contributed by atoms with Gasteiger partial charge in [0.25, 0.3) is 0 Å². The summed E-state index contributed by atoms with van der Waals surface area (Å²) in [6, 6.07) is 9.88. The van der Waals surface area contributed by atoms with E-state index in [0.717, 1.165) is 5.46 Å². The van der Waals surface area contributed by atoms with Gasteiger partial charge in [0, 0.05) is 0 Å². The first kappa shape index (κ1) is 10.8. The molecule has 0 aromatic heterocycles. The van der Waals surface area contributed by atoms with Gasteiger partial charge in [0.1, 0.15) is 0 Å². The summed E-state index contributed by atoms with van der Waals surface area (Å²) in [5.74, 6) is -0.195. The third-order valence-corrected chi connectivity index (χ3v) is 1.77. The number of ether oxygens (including phenoxy) is 1. The maximum absolute atomic E-state index is 10.7. The van der Waals surface area contributed by atoms with Crippen LogP contribution in [0.3, 0.4) is 0 Å². The van der Waals surface area contributed by atoms with Crippen LogP contribution in [0.2, 0.25) is 0 Å². The molecule has 0 aliphatic carbocycles. The highest BCUT2D eigenvalue weighted by molar-refractivity contribution is 6.50. The van der Waals surface area contributed by atoms with Gasteiger partial charge in [-0.1, -0.05) is 35.8 Å². The fraction of sp³-hybridized carbons (Fsp3) is 0.300. The molecular weight excluding hydrogens is 177 g/mol. The van der Waals surface area contributed by atoms with Gasteiger partial charge in [0.05, 0.1) is 13.5 Å². The molecule has 0 amide bonds. The van der Waals surface area contributed by atoms with Crippen LogP contribution in [0.5, 0.6) is 0 Å². The minimum absolute atomic E-state index is 0.195. The average Bonchev–Trinajstić information content (AvgIpc) is 2.25. The highest BCUT2D eigenvalue weighted by Gasteiger charge is 1.99. The molecule has 0 unspecified atom stereocenters. The van der Waals surface area contributed by atoms with Gasteiger partial charge in [-0.05, 0) is 6.54 Å². The largest absolute Gasteiger partial charge is 0.469 e. The Morgan fingerprint density at radius 2 is 2.14 bits per heavy atom. The number of nitrogens with one attached hydrogen (secondary N) is 1. The summed E-state index contributed by atoms with van der Waals surface area (Å²) in [5, 5.41) is 3.04. The monoisotopic (exact) mass is 190 g/mol. The van der Waals surface area contributed by atoms with Crippen molar-refractivity contribution in [2.24, 2.45) is 0 Å². The maximum atomic E-state index is 10.7. The molecule has 0 spiro atoms. The molecule has 0 aliphatic heterocycles. The Labute approximate surface area is 84.7 Å². The Morgan fingerprint density at radius 1 is 1.43 bits per heavy atom. The third kappa shape index (κ3) is 4.09. The number of carbonyl (C=O) groups is 1. The molecule has 4 heteroatoms. The molecule has 73 valence electrons. The molecule has 1 rings (SSSR count). The standard InChI is InChI=1S/C10H13BNO2/c1-14-10(13)7-8-12-11-9-5-3-2-4-6-9/h2-6,12H,7-8H2,1H3. The minimum Gasteiger partial charge on any atom is -0.469 e. The highest BCUT2D eigenvalue weighted by atomic mass is 16.5. The van der Waals surface area contributed by atoms with Crippen molar-refractivity contribution in [3.05, 3.63) is 30.3 Å². The van der Waals surface area contributed by atoms with Gasteiger partial charge in [0.15, 0.2) is 0 Å². The number of methoxy groups -OCH3 is 1. The van der Waals surface area contributed by atoms with Crippen LogP contribution in [0.1, 0.15) is 6.42 Å². The third-order valence-electron chi connectivity index (χ3n) is 1.77. The molecular formula is C10H13BNO2. The predicted molar refractivity (Wildman–Crippen MR) is 56.5 cm³/mol. The van der Waals surface area contributed by atoms with E-state index >= 15 is 0 Å². The number of carbonyl (C=O) groups excluding carboxylic acids is 1. The summed E-state index contributed by atoms with van der Waals surface area (Å²) in [7, 11) is 3.27. The average molecular weight is 190 g/mol. The van der Waals surface area contributed by atoms with Crippen molar-refractivity contribution in [3.8, 4) is 0 Å². The normalized spacial score (nSPS) is 9.50. The second kappa shape index (κ2) is 6.21. The smallest absolute Gasteiger partial charge is 0.306 e. The van der Waals surface area contributed by atoms with Crippen LogP contribution in [-0.4, -0.2) is 27.0 Å². The van der Waals surface area contributed by atoms with Crippen molar-refractivity contribution in [1.29, 1.82) is 0 Å². The number of hydrogen-bond acceptors (Lipinski definition) is 3. The maximum Gasteiger partial charge on any atom is 0.306 e. The number of rotatable bonds is 5. The Hall–Kier alpha value is -1.29. The fourth-order valence-electron chi connectivity index (χ4n) is 1.02. The van der Waals surface area contributed by atoms with Crippen molar-refractivity contribution in [2.75, 3.05) is 13.7 Å². The second-order valence-corrected chi connectivity index (χ2v) is 2.84. The molecule has 0 saturated carbocycles. The van der Waals surface area contributed by atoms with Crippen LogP contribution in [0.4, 0.5) is 0 Å². The summed E-state index contributed by atoms with van der Waals surface area (Å²) in [6.45, 7) is 0.599. The first-order valence-corrected chi connectivity index (χ1v) is 4.51.